The Labute approximate surface area is 98.8 Å². The first-order valence-electron chi connectivity index (χ1n) is 5.01. The average Bonchev–Trinajstić information content (AvgIpc) is 2.29. The van der Waals surface area contributed by atoms with E-state index in [1.807, 2.05) is 0 Å². The number of primary amides is 1. The standard InChI is InChI=1S/C12H13N2O3/c13-11(17)7-12(14,8-15)10(16)6-9-4-2-1-3-5-9/h1-5H,6-7,14H2,(H2,13,17). The van der Waals surface area contributed by atoms with E-state index in [0.29, 0.717) is 5.56 Å². The van der Waals surface area contributed by atoms with Crippen LogP contribution in [0.2, 0.25) is 0 Å². The first-order chi connectivity index (χ1) is 7.98. The fourth-order valence-electron chi connectivity index (χ4n) is 1.41. The zero-order valence-electron chi connectivity index (χ0n) is 9.18. The van der Waals surface area contributed by atoms with Crippen LogP contribution in [0.15, 0.2) is 30.3 Å². The second-order valence-corrected chi connectivity index (χ2v) is 3.80. The van der Waals surface area contributed by atoms with Crippen molar-refractivity contribution in [3.8, 4) is 0 Å². The summed E-state index contributed by atoms with van der Waals surface area (Å²) in [7, 11) is 0. The number of benzene rings is 1. The predicted molar refractivity (Wildman–Crippen MR) is 61.6 cm³/mol. The number of carbonyl (C=O) groups is 2. The third-order valence-electron chi connectivity index (χ3n) is 2.34. The van der Waals surface area contributed by atoms with Crippen LogP contribution in [0.25, 0.3) is 0 Å². The van der Waals surface area contributed by atoms with Crippen molar-refractivity contribution in [2.24, 2.45) is 11.5 Å². The molecule has 1 amide bonds. The van der Waals surface area contributed by atoms with E-state index in [9.17, 15) is 14.4 Å². The van der Waals surface area contributed by atoms with Crippen molar-refractivity contribution in [3.05, 3.63) is 35.9 Å². The van der Waals surface area contributed by atoms with Gasteiger partial charge in [-0.3, -0.25) is 14.4 Å². The Hall–Kier alpha value is -2.01. The van der Waals surface area contributed by atoms with Crippen molar-refractivity contribution < 1.29 is 14.4 Å². The molecule has 0 aliphatic heterocycles. The molecule has 1 radical (unpaired) electrons. The lowest BCUT2D eigenvalue weighted by molar-refractivity contribution is -0.126. The van der Waals surface area contributed by atoms with Gasteiger partial charge in [0.1, 0.15) is 0 Å². The Morgan fingerprint density at radius 2 is 1.82 bits per heavy atom. The highest BCUT2D eigenvalue weighted by Crippen LogP contribution is 2.10. The maximum atomic E-state index is 11.8. The Kier molecular flexibility index (Phi) is 4.12. The predicted octanol–water partition coefficient (Wildman–Crippen LogP) is -0.519. The van der Waals surface area contributed by atoms with E-state index in [1.54, 1.807) is 30.3 Å². The summed E-state index contributed by atoms with van der Waals surface area (Å²) >= 11 is 0. The van der Waals surface area contributed by atoms with Gasteiger partial charge in [0.25, 0.3) is 0 Å². The minimum Gasteiger partial charge on any atom is -0.370 e. The summed E-state index contributed by atoms with van der Waals surface area (Å²) < 4.78 is 0. The lowest BCUT2D eigenvalue weighted by Crippen LogP contribution is -2.52. The van der Waals surface area contributed by atoms with Crippen LogP contribution in [0.5, 0.6) is 0 Å². The van der Waals surface area contributed by atoms with Gasteiger partial charge in [0, 0.05) is 6.42 Å². The van der Waals surface area contributed by atoms with Gasteiger partial charge in [-0.05, 0) is 5.56 Å². The van der Waals surface area contributed by atoms with Crippen molar-refractivity contribution >= 4 is 18.0 Å². The molecule has 0 fully saturated rings. The zero-order valence-corrected chi connectivity index (χ0v) is 9.18. The highest BCUT2D eigenvalue weighted by Gasteiger charge is 2.36. The van der Waals surface area contributed by atoms with E-state index < -0.39 is 23.7 Å². The molecule has 17 heavy (non-hydrogen) atoms. The van der Waals surface area contributed by atoms with Crippen LogP contribution in [0.3, 0.4) is 0 Å². The van der Waals surface area contributed by atoms with Gasteiger partial charge in [0.15, 0.2) is 11.3 Å². The van der Waals surface area contributed by atoms with E-state index in [1.165, 1.54) is 6.29 Å². The molecule has 89 valence electrons. The van der Waals surface area contributed by atoms with Crippen molar-refractivity contribution in [2.75, 3.05) is 0 Å². The maximum Gasteiger partial charge on any atom is 0.228 e. The molecule has 5 heteroatoms. The Balaban J connectivity index is 2.80. The SMILES string of the molecule is NC(=O)CC(N)([C]=O)C(=O)Cc1ccccc1. The molecule has 0 saturated carbocycles. The molecule has 1 unspecified atom stereocenters. The van der Waals surface area contributed by atoms with E-state index in [0.717, 1.165) is 0 Å². The minimum atomic E-state index is -1.94. The Bertz CT molecular complexity index is 431. The second kappa shape index (κ2) is 5.36. The zero-order chi connectivity index (χ0) is 12.9. The number of ketones is 1. The molecule has 0 aliphatic rings. The van der Waals surface area contributed by atoms with Crippen molar-refractivity contribution in [2.45, 2.75) is 18.4 Å². The van der Waals surface area contributed by atoms with Crippen LogP contribution in [-0.2, 0) is 20.8 Å². The van der Waals surface area contributed by atoms with Gasteiger partial charge in [-0.2, -0.15) is 0 Å². The number of hydrogen-bond donors (Lipinski definition) is 2. The quantitative estimate of drug-likeness (QED) is 0.645. The molecule has 0 spiro atoms. The van der Waals surface area contributed by atoms with Crippen LogP contribution < -0.4 is 11.5 Å². The van der Waals surface area contributed by atoms with Crippen LogP contribution in [0.4, 0.5) is 0 Å². The normalized spacial score (nSPS) is 13.7. The molecule has 0 heterocycles. The van der Waals surface area contributed by atoms with Crippen LogP contribution in [0, 0.1) is 0 Å². The molecule has 1 atom stereocenters. The Morgan fingerprint density at radius 3 is 2.29 bits per heavy atom. The van der Waals surface area contributed by atoms with Gasteiger partial charge in [0.2, 0.25) is 12.2 Å². The van der Waals surface area contributed by atoms with E-state index >= 15 is 0 Å². The summed E-state index contributed by atoms with van der Waals surface area (Å²) in [5.74, 6) is -1.38. The van der Waals surface area contributed by atoms with Crippen molar-refractivity contribution in [1.29, 1.82) is 0 Å². The number of hydrogen-bond acceptors (Lipinski definition) is 4. The van der Waals surface area contributed by atoms with Crippen molar-refractivity contribution in [1.82, 2.24) is 0 Å². The maximum absolute atomic E-state index is 11.8. The lowest BCUT2D eigenvalue weighted by atomic mass is 9.89. The molecule has 1 rings (SSSR count). The first-order valence-corrected chi connectivity index (χ1v) is 5.01. The number of amides is 1. The summed E-state index contributed by atoms with van der Waals surface area (Å²) in [6.07, 6.45) is 0.854. The van der Waals surface area contributed by atoms with Gasteiger partial charge in [-0.1, -0.05) is 30.3 Å². The molecule has 4 N–H and O–H groups in total. The third kappa shape index (κ3) is 3.49. The fourth-order valence-corrected chi connectivity index (χ4v) is 1.41. The lowest BCUT2D eigenvalue weighted by Gasteiger charge is -2.18. The number of Topliss-reactive ketones (excluding diaryl/α,β-unsaturated/α-hetero) is 1. The second-order valence-electron chi connectivity index (χ2n) is 3.80. The highest BCUT2D eigenvalue weighted by atomic mass is 16.2. The smallest absolute Gasteiger partial charge is 0.228 e. The molecular weight excluding hydrogens is 220 g/mol. The molecule has 0 bridgehead atoms. The minimum absolute atomic E-state index is 0.0279. The molecule has 0 saturated heterocycles. The number of rotatable bonds is 6. The third-order valence-corrected chi connectivity index (χ3v) is 2.34. The molecule has 5 nitrogen and oxygen atoms in total. The molecule has 1 aromatic carbocycles. The summed E-state index contributed by atoms with van der Waals surface area (Å²) in [6.45, 7) is 0. The Morgan fingerprint density at radius 1 is 1.24 bits per heavy atom. The largest absolute Gasteiger partial charge is 0.370 e. The number of nitrogens with two attached hydrogens (primary N) is 2. The van der Waals surface area contributed by atoms with Gasteiger partial charge >= 0.3 is 0 Å². The molecule has 1 aromatic rings. The van der Waals surface area contributed by atoms with E-state index in [4.69, 9.17) is 11.5 Å². The van der Waals surface area contributed by atoms with Gasteiger partial charge in [-0.25, -0.2) is 0 Å². The summed E-state index contributed by atoms with van der Waals surface area (Å²) in [4.78, 5) is 33.3. The highest BCUT2D eigenvalue weighted by molar-refractivity contribution is 6.06. The summed E-state index contributed by atoms with van der Waals surface area (Å²) in [5, 5.41) is 0. The topological polar surface area (TPSA) is 103 Å². The number of carbonyl (C=O) groups excluding carboxylic acids is 3. The average molecular weight is 233 g/mol. The summed E-state index contributed by atoms with van der Waals surface area (Å²) in [5.41, 5.74) is 9.22. The first kappa shape index (κ1) is 13.1. The fraction of sp³-hybridized carbons (Fsp3) is 0.250. The van der Waals surface area contributed by atoms with Gasteiger partial charge in [-0.15, -0.1) is 0 Å². The van der Waals surface area contributed by atoms with Crippen LogP contribution >= 0.6 is 0 Å². The van der Waals surface area contributed by atoms with Gasteiger partial charge < -0.3 is 11.5 Å². The van der Waals surface area contributed by atoms with Gasteiger partial charge in [0.05, 0.1) is 6.42 Å². The summed E-state index contributed by atoms with van der Waals surface area (Å²) in [6, 6.07) is 8.79. The van der Waals surface area contributed by atoms with Crippen LogP contribution in [0.1, 0.15) is 12.0 Å². The molecule has 0 aromatic heterocycles. The molecular formula is C12H13N2O3. The van der Waals surface area contributed by atoms with E-state index in [-0.39, 0.29) is 6.42 Å². The monoisotopic (exact) mass is 233 g/mol. The van der Waals surface area contributed by atoms with E-state index in [2.05, 4.69) is 0 Å². The van der Waals surface area contributed by atoms with Crippen LogP contribution in [-0.4, -0.2) is 23.5 Å². The van der Waals surface area contributed by atoms with Crippen molar-refractivity contribution in [3.63, 3.8) is 0 Å². The molecule has 0 aliphatic carbocycles.